The van der Waals surface area contributed by atoms with E-state index < -0.39 is 0 Å². The number of aliphatic hydroxyl groups excluding tert-OH is 1. The lowest BCUT2D eigenvalue weighted by Crippen LogP contribution is -2.45. The number of hydrogen-bond acceptors (Lipinski definition) is 12. The molecule has 55 heavy (non-hydrogen) atoms. The number of benzene rings is 2. The van der Waals surface area contributed by atoms with Crippen LogP contribution in [-0.2, 0) is 4.84 Å². The van der Waals surface area contributed by atoms with Gasteiger partial charge in [0.15, 0.2) is 0 Å². The number of nitrogens with zero attached hydrogens (tertiary/aromatic N) is 3. The molecule has 1 saturated heterocycles. The molecule has 0 saturated carbocycles. The van der Waals surface area contributed by atoms with E-state index in [1.54, 1.807) is 50.8 Å². The summed E-state index contributed by atoms with van der Waals surface area (Å²) in [5, 5.41) is 11.3. The largest absolute Gasteiger partial charge is 0.488 e. The number of amidine groups is 1. The second kappa shape index (κ2) is 26.8. The zero-order valence-corrected chi connectivity index (χ0v) is 34.8. The minimum atomic E-state index is -0.266. The molecule has 1 aromatic heterocycles. The standard InChI is InChI=1S/C16H19N3O2.C16H25N3O2.C7H16N2.CH4S.2H2O.2H2/c1-20-19-14-7-8-15(13-5-3-2-4-12(13)14)21-11-6-9-16(17)18-10-11;1-11(10-20)21-13-7-5-6-12(8-13)19-15(18)9-14(17)16(2,3)4;1-7-5-3-4-6-9(7)8-2;1-2;;;;/h2-6,9-10,14-15,19H,7-8H2,1H3,(H2,17,18);5-9,11,20H,10,17H2,1-4H3,(H2,18,19);7-8H,3-6H2,1-2H3;2H,1H3;2*1H2;2*1H/b;14-9-;;;;;;/t14-,15+;11-;7-;;;;;/m000...../s1. The van der Waals surface area contributed by atoms with Crippen molar-refractivity contribution in [3.63, 3.8) is 0 Å². The lowest BCUT2D eigenvalue weighted by Gasteiger charge is -2.32. The first kappa shape index (κ1) is 51.1. The molecule has 0 unspecified atom stereocenters. The zero-order chi connectivity index (χ0) is 39.4. The predicted octanol–water partition coefficient (Wildman–Crippen LogP) is 5.48. The highest BCUT2D eigenvalue weighted by Crippen LogP contribution is 2.38. The number of thiol groups is 1. The fraction of sp³-hybridized carbons (Fsp3) is 0.500. The molecule has 13 N–H and O–H groups in total. The molecule has 0 amide bonds. The molecular weight excluding hydrogens is 721 g/mol. The van der Waals surface area contributed by atoms with Gasteiger partial charge in [0, 0.05) is 32.6 Å². The Balaban J connectivity index is -0.000000771. The van der Waals surface area contributed by atoms with Crippen molar-refractivity contribution in [3.05, 3.63) is 89.8 Å². The van der Waals surface area contributed by atoms with Crippen molar-refractivity contribution in [2.75, 3.05) is 39.3 Å². The molecule has 1 aliphatic heterocycles. The fourth-order valence-electron chi connectivity index (χ4n) is 5.65. The second-order valence-electron chi connectivity index (χ2n) is 13.9. The van der Waals surface area contributed by atoms with E-state index >= 15 is 0 Å². The third kappa shape index (κ3) is 18.0. The van der Waals surface area contributed by atoms with E-state index in [0.717, 1.165) is 24.6 Å². The van der Waals surface area contributed by atoms with Crippen molar-refractivity contribution in [3.8, 4) is 11.5 Å². The van der Waals surface area contributed by atoms with Crippen molar-refractivity contribution >= 4 is 30.0 Å². The van der Waals surface area contributed by atoms with Gasteiger partial charge in [-0.1, -0.05) is 57.5 Å². The number of fused-ring (bicyclic) bond motifs is 1. The summed E-state index contributed by atoms with van der Waals surface area (Å²) in [6, 6.07) is 20.1. The maximum atomic E-state index is 8.99. The number of aliphatic imine (C=N–C) groups is 1. The van der Waals surface area contributed by atoms with Crippen LogP contribution in [0.3, 0.4) is 0 Å². The molecule has 0 spiro atoms. The molecular formula is C40H72N8O6S. The molecule has 4 atom stereocenters. The van der Waals surface area contributed by atoms with Crippen LogP contribution in [-0.4, -0.2) is 77.6 Å². The van der Waals surface area contributed by atoms with Crippen LogP contribution >= 0.6 is 12.6 Å². The van der Waals surface area contributed by atoms with Gasteiger partial charge in [0.1, 0.15) is 35.4 Å². The summed E-state index contributed by atoms with van der Waals surface area (Å²) in [6.07, 6.45) is 10.8. The molecule has 5 rings (SSSR count). The van der Waals surface area contributed by atoms with Crippen LogP contribution in [0.1, 0.15) is 92.8 Å². The number of hydrazine groups is 1. The third-order valence-corrected chi connectivity index (χ3v) is 8.66. The quantitative estimate of drug-likeness (QED) is 0.0587. The fourth-order valence-corrected chi connectivity index (χ4v) is 5.65. The lowest BCUT2D eigenvalue weighted by molar-refractivity contribution is 0.0459. The van der Waals surface area contributed by atoms with Gasteiger partial charge in [-0.2, -0.15) is 18.1 Å². The Morgan fingerprint density at radius 2 is 1.73 bits per heavy atom. The molecule has 1 aliphatic carbocycles. The Kier molecular flexibility index (Phi) is 24.9. The molecule has 0 bridgehead atoms. The summed E-state index contributed by atoms with van der Waals surface area (Å²) < 4.78 is 11.6. The summed E-state index contributed by atoms with van der Waals surface area (Å²) in [5.74, 6) is 2.21. The minimum Gasteiger partial charge on any atom is -0.488 e. The van der Waals surface area contributed by atoms with Crippen LogP contribution < -0.4 is 37.6 Å². The average Bonchev–Trinajstić information content (AvgIpc) is 3.15. The summed E-state index contributed by atoms with van der Waals surface area (Å²) >= 11 is 3.53. The first-order valence-electron chi connectivity index (χ1n) is 18.2. The third-order valence-electron chi connectivity index (χ3n) is 8.66. The normalized spacial score (nSPS) is 18.8. The maximum Gasteiger partial charge on any atom is 0.138 e. The SMILES string of the molecule is CNN1CCCC[C@@H]1C.CON[C@H]1CC[C@@H](Oc2ccc(N)nc2)c2ccccc21.CS.C[C@@H](CO)Oc1cccc(N=C(N)/C=C(\N)C(C)(C)C)c1.O.O.[HH].[HH]. The number of rotatable bonds is 10. The van der Waals surface area contributed by atoms with Crippen LogP contribution in [0.4, 0.5) is 11.5 Å². The van der Waals surface area contributed by atoms with Crippen LogP contribution in [0.25, 0.3) is 0 Å². The number of anilines is 1. The number of nitrogen functional groups attached to an aromatic ring is 1. The number of hydroxylamine groups is 1. The Morgan fingerprint density at radius 3 is 2.29 bits per heavy atom. The lowest BCUT2D eigenvalue weighted by atomic mass is 9.86. The minimum absolute atomic E-state index is 0. The second-order valence-corrected chi connectivity index (χ2v) is 13.9. The van der Waals surface area contributed by atoms with Crippen LogP contribution in [0.2, 0.25) is 0 Å². The van der Waals surface area contributed by atoms with Crippen molar-refractivity contribution in [1.29, 1.82) is 0 Å². The van der Waals surface area contributed by atoms with Crippen molar-refractivity contribution in [2.45, 2.75) is 91.0 Å². The summed E-state index contributed by atoms with van der Waals surface area (Å²) in [4.78, 5) is 13.5. The van der Waals surface area contributed by atoms with E-state index in [1.165, 1.54) is 36.9 Å². The topological polar surface area (TPSA) is 242 Å². The summed E-state index contributed by atoms with van der Waals surface area (Å²) in [6.45, 7) is 11.3. The van der Waals surface area contributed by atoms with Gasteiger partial charge in [0.05, 0.1) is 31.6 Å². The van der Waals surface area contributed by atoms with E-state index in [2.05, 4.69) is 57.6 Å². The van der Waals surface area contributed by atoms with E-state index in [4.69, 9.17) is 36.6 Å². The summed E-state index contributed by atoms with van der Waals surface area (Å²) in [7, 11) is 3.65. The monoisotopic (exact) mass is 793 g/mol. The Bertz CT molecular complexity index is 1550. The van der Waals surface area contributed by atoms with Gasteiger partial charge in [-0.3, -0.25) is 5.43 Å². The summed E-state index contributed by atoms with van der Waals surface area (Å²) in [5.41, 5.74) is 27.3. The maximum absolute atomic E-state index is 8.99. The van der Waals surface area contributed by atoms with Crippen molar-refractivity contribution < 1.29 is 33.2 Å². The number of hydrogen-bond donors (Lipinski definition) is 7. The van der Waals surface area contributed by atoms with E-state index in [-0.39, 0.29) is 44.1 Å². The number of allylic oxidation sites excluding steroid dienone is 1. The molecule has 14 nitrogen and oxygen atoms in total. The number of nitrogens with two attached hydrogens (primary N) is 3. The Morgan fingerprint density at radius 1 is 1.04 bits per heavy atom. The van der Waals surface area contributed by atoms with Gasteiger partial charge in [-0.25, -0.2) is 15.0 Å². The van der Waals surface area contributed by atoms with Gasteiger partial charge in [0.2, 0.25) is 0 Å². The predicted molar refractivity (Wildman–Crippen MR) is 233 cm³/mol. The first-order valence-corrected chi connectivity index (χ1v) is 19.1. The van der Waals surface area contributed by atoms with E-state index in [9.17, 15) is 0 Å². The first-order chi connectivity index (χ1) is 25.3. The van der Waals surface area contributed by atoms with E-state index in [1.807, 2.05) is 58.2 Å². The van der Waals surface area contributed by atoms with Gasteiger partial charge >= 0.3 is 0 Å². The Hall–Kier alpha value is -3.93. The Labute approximate surface area is 336 Å². The molecule has 0 radical (unpaired) electrons. The molecule has 1 fully saturated rings. The molecule has 2 heterocycles. The van der Waals surface area contributed by atoms with Gasteiger partial charge in [-0.05, 0) is 94.3 Å². The highest BCUT2D eigenvalue weighted by atomic mass is 32.1. The zero-order valence-electron chi connectivity index (χ0n) is 33.9. The number of piperidine rings is 1. The molecule has 2 aromatic carbocycles. The number of ether oxygens (including phenoxy) is 2. The van der Waals surface area contributed by atoms with Crippen LogP contribution in [0, 0.1) is 5.41 Å². The van der Waals surface area contributed by atoms with Crippen molar-refractivity contribution in [1.82, 2.24) is 20.9 Å². The van der Waals surface area contributed by atoms with Crippen LogP contribution in [0.5, 0.6) is 11.5 Å². The smallest absolute Gasteiger partial charge is 0.138 e. The molecule has 314 valence electrons. The number of nitrogens with one attached hydrogen (secondary N) is 2. The highest BCUT2D eigenvalue weighted by Gasteiger charge is 2.28. The average molecular weight is 793 g/mol. The van der Waals surface area contributed by atoms with Gasteiger partial charge in [-0.15, -0.1) is 0 Å². The number of aromatic nitrogens is 1. The van der Waals surface area contributed by atoms with Crippen molar-refractivity contribution in [2.24, 2.45) is 21.9 Å². The molecule has 2 aliphatic rings. The number of aliphatic hydroxyl groups is 1. The van der Waals surface area contributed by atoms with Gasteiger partial charge < -0.3 is 47.6 Å². The van der Waals surface area contributed by atoms with Gasteiger partial charge in [0.25, 0.3) is 0 Å². The molecule has 15 heteroatoms. The number of pyridine rings is 1. The highest BCUT2D eigenvalue weighted by molar-refractivity contribution is 7.79. The van der Waals surface area contributed by atoms with Crippen LogP contribution in [0.15, 0.2) is 83.6 Å². The van der Waals surface area contributed by atoms with E-state index in [0.29, 0.717) is 28.8 Å². The molecule has 3 aromatic rings.